The van der Waals surface area contributed by atoms with E-state index >= 15 is 30.7 Å². The zero-order valence-electron chi connectivity index (χ0n) is 77.2. The minimum atomic E-state index is -5.83. The Kier molecular flexibility index (Phi) is 43.6. The van der Waals surface area contributed by atoms with Crippen molar-refractivity contribution in [3.8, 4) is 50.6 Å². The average Bonchev–Trinajstić information content (AvgIpc) is 1.57. The van der Waals surface area contributed by atoms with Crippen LogP contribution in [0, 0.1) is 34.9 Å². The predicted molar refractivity (Wildman–Crippen MR) is 503 cm³/mol. The van der Waals surface area contributed by atoms with Gasteiger partial charge in [-0.1, -0.05) is 138 Å². The Morgan fingerprint density at radius 2 is 0.705 bits per heavy atom. The molecule has 14 rings (SSSR count). The van der Waals surface area contributed by atoms with Crippen LogP contribution in [0.2, 0.25) is 0 Å². The van der Waals surface area contributed by atoms with Gasteiger partial charge in [-0.2, -0.15) is 65.9 Å². The van der Waals surface area contributed by atoms with Gasteiger partial charge in [0.15, 0.2) is 36.6 Å². The number of aromatic nitrogens is 15. The first-order valence-electron chi connectivity index (χ1n) is 42.8. The quantitative estimate of drug-likeness (QED) is 0.0207. The Labute approximate surface area is 841 Å². The Hall–Kier alpha value is -13.1. The predicted octanol–water partition coefficient (Wildman–Crippen LogP) is 23.3. The molecule has 0 aliphatic rings. The average molecular weight is 2180 g/mol. The molecule has 0 saturated carbocycles. The molecule has 0 fully saturated rings. The fourth-order valence-corrected chi connectivity index (χ4v) is 17.9. The lowest BCUT2D eigenvalue weighted by atomic mass is 9.84. The highest BCUT2D eigenvalue weighted by molar-refractivity contribution is 7.53. The highest BCUT2D eigenvalue weighted by Gasteiger charge is 2.65. The lowest BCUT2D eigenvalue weighted by molar-refractivity contribution is -0.207. The highest BCUT2D eigenvalue weighted by Crippen LogP contribution is 2.61. The van der Waals surface area contributed by atoms with Gasteiger partial charge in [0.25, 0.3) is 0 Å². The highest BCUT2D eigenvalue weighted by atomic mass is 31.2. The van der Waals surface area contributed by atoms with Crippen LogP contribution >= 0.6 is 23.7 Å². The number of phosphoric acid groups is 1. The van der Waals surface area contributed by atoms with Crippen molar-refractivity contribution < 1.29 is 154 Å². The number of benzene rings is 8. The molecule has 0 aliphatic carbocycles. The van der Waals surface area contributed by atoms with Crippen molar-refractivity contribution in [3.63, 3.8) is 0 Å². The van der Waals surface area contributed by atoms with Gasteiger partial charge in [0.1, 0.15) is 96.5 Å². The number of alkyl halides is 15. The van der Waals surface area contributed by atoms with Gasteiger partial charge in [0.05, 0.1) is 32.8 Å². The van der Waals surface area contributed by atoms with E-state index in [0.29, 0.717) is 81.5 Å². The summed E-state index contributed by atoms with van der Waals surface area (Å²) in [5.41, 5.74) is -12.3. The standard InChI is InChI=1S/C31H25F7N5O4P.C23H17F7N5O5P.C23H16F7N5O2.C14H24NOP.C2H6O.3CH4/c1-48(44,46-17-21-5-3-2-4-6-21)47-29(18-43-20-40-41-42-43,26-13-10-24(32)15-27(26)33)31(37,38)28-14-9-23(16-39-28)22-7-11-25(12-8-22)45-19-30(34,35)36;24-16-4-7-18(19(25)9-16)21(40-41(36,37)38,11-35-13-32-33-34-35)23(29,30)20-8-3-15(10-31-20)14-1-5-17(6-2-14)39-12-22(26,27)28;24-16-4-7-18(19(25)9-16)21(36,11-35-13-32-33-34-35)23(29,30)20-8-3-15(10-31-20)14-1-5-17(6-2-14)37-12-22(26,27)28;1-12(2)15(13(3)4)17(5)16-11-14-9-7-6-8-10-14;1-2-3;;;/h2-16,20H,17-19H2,1H3;1-10,13H,11-12H2,(H2,36,37,38);1-10,13,36H,11-12H2;6-10,12-13H,11H2,1-5H3;3H,2H2,1H3;3*1H4. The number of hydrogen-bond acceptors (Lipinski definition) is 24. The van der Waals surface area contributed by atoms with Gasteiger partial charge in [-0.05, 0) is 191 Å². The minimum absolute atomic E-state index is 0. The summed E-state index contributed by atoms with van der Waals surface area (Å²) in [5.74, 6) is -21.1. The second-order valence-corrected chi connectivity index (χ2v) is 36.8. The van der Waals surface area contributed by atoms with E-state index < -0.39 is 185 Å². The number of pyridine rings is 3. The van der Waals surface area contributed by atoms with Crippen LogP contribution in [-0.2, 0) is 94.6 Å². The molecule has 5 unspecified atom stereocenters. The normalized spacial score (nSPS) is 13.7. The lowest BCUT2D eigenvalue weighted by Gasteiger charge is -2.41. The zero-order valence-corrected chi connectivity index (χ0v) is 79.9. The van der Waals surface area contributed by atoms with Crippen molar-refractivity contribution in [1.29, 1.82) is 0 Å². The van der Waals surface area contributed by atoms with Crippen LogP contribution in [-0.4, -0.2) is 171 Å². The topological polar surface area (TPSA) is 352 Å². The first-order chi connectivity index (χ1) is 68.6. The third kappa shape index (κ3) is 33.7. The summed E-state index contributed by atoms with van der Waals surface area (Å²) in [4.78, 5) is 30.5. The van der Waals surface area contributed by atoms with Crippen molar-refractivity contribution >= 4 is 23.7 Å². The molecule has 53 heteroatoms. The van der Waals surface area contributed by atoms with Gasteiger partial charge in [0, 0.05) is 95.5 Å². The van der Waals surface area contributed by atoms with Crippen LogP contribution in [0.15, 0.2) is 262 Å². The van der Waals surface area contributed by atoms with E-state index in [1.54, 1.807) is 37.3 Å². The first kappa shape index (κ1) is 123. The van der Waals surface area contributed by atoms with Crippen molar-refractivity contribution in [3.05, 3.63) is 342 Å². The van der Waals surface area contributed by atoms with Gasteiger partial charge in [-0.15, -0.1) is 15.3 Å². The molecular weight excluding hydrogens is 2080 g/mol. The summed E-state index contributed by atoms with van der Waals surface area (Å²) in [6, 6.07) is 46.7. The Bertz CT molecular complexity index is 6540. The maximum atomic E-state index is 17.1. The molecule has 804 valence electrons. The Balaban J connectivity index is 0.000000275. The number of tetrazole rings is 3. The van der Waals surface area contributed by atoms with E-state index in [-0.39, 0.29) is 69.9 Å². The van der Waals surface area contributed by atoms with E-state index in [1.807, 2.05) is 6.07 Å². The maximum absolute atomic E-state index is 17.1. The van der Waals surface area contributed by atoms with Crippen LogP contribution in [0.25, 0.3) is 33.4 Å². The second kappa shape index (κ2) is 52.8. The molecule has 0 aliphatic heterocycles. The molecule has 0 saturated heterocycles. The zero-order chi connectivity index (χ0) is 107. The van der Waals surface area contributed by atoms with Gasteiger partial charge in [-0.25, -0.2) is 45.0 Å². The smallest absolute Gasteiger partial charge is 0.470 e. The minimum Gasteiger partial charge on any atom is -0.484 e. The van der Waals surface area contributed by atoms with Gasteiger partial charge < -0.3 is 43.3 Å². The molecule has 8 aromatic carbocycles. The molecule has 149 heavy (non-hydrogen) atoms. The van der Waals surface area contributed by atoms with E-state index in [4.69, 9.17) is 18.7 Å². The van der Waals surface area contributed by atoms with Gasteiger partial charge >= 0.3 is 51.7 Å². The number of hydrogen-bond donors (Lipinski definition) is 4. The van der Waals surface area contributed by atoms with Crippen molar-refractivity contribution in [2.75, 3.05) is 39.8 Å². The lowest BCUT2D eigenvalue weighted by Crippen LogP contribution is -2.49. The number of halogens is 21. The summed E-state index contributed by atoms with van der Waals surface area (Å²) in [6.07, 6.45) is -7.88. The molecule has 29 nitrogen and oxygen atoms in total. The number of nitrogens with zero attached hydrogens (tertiary/aromatic N) is 16. The number of ether oxygens (including phenoxy) is 3. The fraction of sp³-hybridized carbons (Fsp3) is 0.312. The summed E-state index contributed by atoms with van der Waals surface area (Å²) >= 11 is 0. The third-order valence-electron chi connectivity index (χ3n) is 20.6. The largest absolute Gasteiger partial charge is 0.484 e. The molecule has 0 bridgehead atoms. The van der Waals surface area contributed by atoms with Crippen molar-refractivity contribution in [2.24, 2.45) is 0 Å². The molecule has 5 atom stereocenters. The number of aliphatic hydroxyl groups excluding tert-OH is 1. The van der Waals surface area contributed by atoms with E-state index in [1.165, 1.54) is 90.5 Å². The van der Waals surface area contributed by atoms with Crippen LogP contribution in [0.3, 0.4) is 0 Å². The van der Waals surface area contributed by atoms with Gasteiger partial charge in [0.2, 0.25) is 0 Å². The molecule has 0 radical (unpaired) electrons. The van der Waals surface area contributed by atoms with Crippen LogP contribution < -0.4 is 14.2 Å². The van der Waals surface area contributed by atoms with Crippen LogP contribution in [0.4, 0.5) is 92.2 Å². The maximum Gasteiger partial charge on any atom is 0.470 e. The van der Waals surface area contributed by atoms with Crippen LogP contribution in [0.1, 0.15) is 102 Å². The van der Waals surface area contributed by atoms with Crippen molar-refractivity contribution in [2.45, 2.75) is 155 Å². The SMILES string of the molecule is C.C.C.CC(C)N(C(C)C)P(C)OCc1ccccc1.CCO.CP(=O)(OCc1ccccc1)OC(Cn1cnnn1)(c1ccc(F)cc1F)C(F)(F)c1ccc(-c2ccc(OCC(F)(F)F)cc2)cn1.O=P(O)(O)OC(Cn1cnnn1)(c1ccc(F)cc1F)C(F)(F)c1ccc(-c2ccc(OCC(F)(F)F)cc2)cn1.OC(Cn1cnnn1)(c1ccc(F)cc1F)C(F)(F)c1ccc(-c2ccc(OCC(F)(F)F)cc2)cn1. The van der Waals surface area contributed by atoms with Crippen molar-refractivity contribution in [1.82, 2.24) is 80.2 Å². The molecule has 6 aromatic heterocycles. The summed E-state index contributed by atoms with van der Waals surface area (Å²) in [7, 11) is -10.9. The number of aliphatic hydroxyl groups is 2. The number of rotatable bonds is 37. The van der Waals surface area contributed by atoms with Gasteiger partial charge in [-0.3, -0.25) is 33.2 Å². The molecular formula is C96H100F21N16O13P3. The summed E-state index contributed by atoms with van der Waals surface area (Å²) in [6.45, 7) is 6.56. The Morgan fingerprint density at radius 3 is 0.993 bits per heavy atom. The summed E-state index contributed by atoms with van der Waals surface area (Å²) in [5, 5.41) is 49.2. The van der Waals surface area contributed by atoms with E-state index in [0.717, 1.165) is 96.1 Å². The molecule has 6 heterocycles. The molecule has 4 N–H and O–H groups in total. The van der Waals surface area contributed by atoms with E-state index in [9.17, 15) is 85.5 Å². The van der Waals surface area contributed by atoms with Crippen LogP contribution in [0.5, 0.6) is 17.2 Å². The molecule has 0 amide bonds. The summed E-state index contributed by atoms with van der Waals surface area (Å²) < 4.78 is 362. The van der Waals surface area contributed by atoms with E-state index in [2.05, 4.69) is 144 Å². The monoisotopic (exact) mass is 2180 g/mol. The fourth-order valence-electron chi connectivity index (χ4n) is 14.2. The number of phosphoric ester groups is 1. The Morgan fingerprint density at radius 1 is 0.403 bits per heavy atom. The molecule has 0 spiro atoms. The molecule has 14 aromatic rings. The first-order valence-corrected chi connectivity index (χ1v) is 47.9. The third-order valence-corrected chi connectivity index (χ3v) is 24.4. The second-order valence-electron chi connectivity index (χ2n) is 32.0.